The fraction of sp³-hybridized carbons (Fsp3) is 0.400. The third-order valence-electron chi connectivity index (χ3n) is 1.83. The maximum absolute atomic E-state index is 11.6. The number of halogens is 1. The standard InChI is InChI=1S/C10H13F/c1-9-4-6-10(7-5-9)3-2-8-11/h2,4,6-9H,3,5H2,1H3. The van der Waals surface area contributed by atoms with Crippen LogP contribution in [0, 0.1) is 5.92 Å². The van der Waals surface area contributed by atoms with E-state index >= 15 is 0 Å². The average molecular weight is 152 g/mol. The molecule has 1 aliphatic carbocycles. The van der Waals surface area contributed by atoms with Gasteiger partial charge in [0.2, 0.25) is 0 Å². The summed E-state index contributed by atoms with van der Waals surface area (Å²) in [5.74, 6) is 0.646. The van der Waals surface area contributed by atoms with Gasteiger partial charge in [-0.1, -0.05) is 31.2 Å². The lowest BCUT2D eigenvalue weighted by Crippen LogP contribution is -1.93. The first kappa shape index (κ1) is 8.25. The van der Waals surface area contributed by atoms with Gasteiger partial charge < -0.3 is 0 Å². The van der Waals surface area contributed by atoms with E-state index < -0.39 is 0 Å². The van der Waals surface area contributed by atoms with Crippen LogP contribution in [0.4, 0.5) is 4.39 Å². The molecule has 0 radical (unpaired) electrons. The van der Waals surface area contributed by atoms with E-state index in [-0.39, 0.29) is 0 Å². The molecule has 0 fully saturated rings. The number of hydrogen-bond donors (Lipinski definition) is 0. The maximum Gasteiger partial charge on any atom is 0.0830 e. The van der Waals surface area contributed by atoms with E-state index in [4.69, 9.17) is 0 Å². The van der Waals surface area contributed by atoms with Crippen molar-refractivity contribution < 1.29 is 4.39 Å². The van der Waals surface area contributed by atoms with Gasteiger partial charge in [0.25, 0.3) is 0 Å². The molecule has 0 amide bonds. The fourth-order valence-corrected chi connectivity index (χ4v) is 1.10. The second kappa shape index (κ2) is 4.12. The van der Waals surface area contributed by atoms with E-state index in [0.29, 0.717) is 12.2 Å². The lowest BCUT2D eigenvalue weighted by Gasteiger charge is -2.09. The number of rotatable bonds is 2. The molecular formula is C10H13F. The van der Waals surface area contributed by atoms with Crippen molar-refractivity contribution in [2.24, 2.45) is 5.92 Å². The molecule has 0 heterocycles. The largest absolute Gasteiger partial charge is 0.216 e. The molecule has 0 saturated carbocycles. The Bertz CT molecular complexity index is 199. The number of allylic oxidation sites excluding steroid dienone is 5. The minimum atomic E-state index is 0.604. The van der Waals surface area contributed by atoms with Gasteiger partial charge in [0.15, 0.2) is 0 Å². The van der Waals surface area contributed by atoms with Crippen LogP contribution in [0.5, 0.6) is 0 Å². The molecule has 0 spiro atoms. The summed E-state index contributed by atoms with van der Waals surface area (Å²) in [7, 11) is 0. The lowest BCUT2D eigenvalue weighted by atomic mass is 9.97. The molecule has 60 valence electrons. The van der Waals surface area contributed by atoms with Gasteiger partial charge in [0, 0.05) is 0 Å². The molecule has 1 atom stereocenters. The minimum absolute atomic E-state index is 0.604. The highest BCUT2D eigenvalue weighted by molar-refractivity contribution is 5.25. The predicted molar refractivity (Wildman–Crippen MR) is 45.9 cm³/mol. The van der Waals surface area contributed by atoms with Gasteiger partial charge >= 0.3 is 0 Å². The molecule has 1 heteroatoms. The van der Waals surface area contributed by atoms with Gasteiger partial charge in [-0.2, -0.15) is 0 Å². The molecule has 0 aromatic heterocycles. The zero-order chi connectivity index (χ0) is 8.10. The molecule has 1 aliphatic rings. The monoisotopic (exact) mass is 152 g/mol. The summed E-state index contributed by atoms with van der Waals surface area (Å²) in [5.41, 5.74) is 1.22. The molecule has 0 N–H and O–H groups in total. The molecule has 0 bridgehead atoms. The molecule has 0 nitrogen and oxygen atoms in total. The Balaban J connectivity index is 2.43. The van der Waals surface area contributed by atoms with Crippen molar-refractivity contribution in [3.8, 4) is 0 Å². The smallest absolute Gasteiger partial charge is 0.0830 e. The van der Waals surface area contributed by atoms with Crippen LogP contribution in [0.3, 0.4) is 0 Å². The first-order chi connectivity index (χ1) is 5.33. The van der Waals surface area contributed by atoms with E-state index in [2.05, 4.69) is 25.2 Å². The van der Waals surface area contributed by atoms with Gasteiger partial charge in [-0.3, -0.25) is 0 Å². The van der Waals surface area contributed by atoms with Crippen molar-refractivity contribution in [3.05, 3.63) is 36.2 Å². The van der Waals surface area contributed by atoms with Crippen LogP contribution in [0.1, 0.15) is 19.8 Å². The van der Waals surface area contributed by atoms with Crippen LogP contribution in [-0.4, -0.2) is 0 Å². The Hall–Kier alpha value is -0.850. The SMILES string of the molecule is CC1C=CC(CC=CF)=CC1. The Morgan fingerprint density at radius 3 is 3.09 bits per heavy atom. The summed E-state index contributed by atoms with van der Waals surface area (Å²) in [6.07, 6.45) is 10.4. The summed E-state index contributed by atoms with van der Waals surface area (Å²) in [5, 5.41) is 0. The highest BCUT2D eigenvalue weighted by Gasteiger charge is 2.00. The highest BCUT2D eigenvalue weighted by Crippen LogP contribution is 2.17. The van der Waals surface area contributed by atoms with E-state index in [1.54, 1.807) is 0 Å². The summed E-state index contributed by atoms with van der Waals surface area (Å²) < 4.78 is 11.6. The zero-order valence-corrected chi connectivity index (χ0v) is 6.76. The topological polar surface area (TPSA) is 0 Å². The van der Waals surface area contributed by atoms with Gasteiger partial charge in [-0.25, -0.2) is 4.39 Å². The maximum atomic E-state index is 11.6. The van der Waals surface area contributed by atoms with E-state index in [0.717, 1.165) is 12.8 Å². The summed E-state index contributed by atoms with van der Waals surface area (Å²) in [6.45, 7) is 2.18. The third-order valence-corrected chi connectivity index (χ3v) is 1.83. The summed E-state index contributed by atoms with van der Waals surface area (Å²) >= 11 is 0. The Morgan fingerprint density at radius 2 is 2.55 bits per heavy atom. The zero-order valence-electron chi connectivity index (χ0n) is 6.76. The lowest BCUT2D eigenvalue weighted by molar-refractivity contribution is 0.713. The third kappa shape index (κ3) is 2.71. The second-order valence-corrected chi connectivity index (χ2v) is 2.92. The predicted octanol–water partition coefficient (Wildman–Crippen LogP) is 3.38. The molecular weight excluding hydrogens is 139 g/mol. The fourth-order valence-electron chi connectivity index (χ4n) is 1.10. The van der Waals surface area contributed by atoms with Gasteiger partial charge in [-0.05, 0) is 24.3 Å². The normalized spacial score (nSPS) is 24.2. The van der Waals surface area contributed by atoms with Crippen molar-refractivity contribution in [1.29, 1.82) is 0 Å². The number of hydrogen-bond acceptors (Lipinski definition) is 0. The summed E-state index contributed by atoms with van der Waals surface area (Å²) in [6, 6.07) is 0. The van der Waals surface area contributed by atoms with Crippen molar-refractivity contribution >= 4 is 0 Å². The van der Waals surface area contributed by atoms with Crippen molar-refractivity contribution in [2.75, 3.05) is 0 Å². The van der Waals surface area contributed by atoms with Gasteiger partial charge in [-0.15, -0.1) is 0 Å². The Kier molecular flexibility index (Phi) is 3.09. The van der Waals surface area contributed by atoms with Crippen LogP contribution < -0.4 is 0 Å². The van der Waals surface area contributed by atoms with E-state index in [1.807, 2.05) is 0 Å². The average Bonchev–Trinajstić information content (AvgIpc) is 2.04. The van der Waals surface area contributed by atoms with Crippen LogP contribution in [0.15, 0.2) is 36.2 Å². The second-order valence-electron chi connectivity index (χ2n) is 2.92. The van der Waals surface area contributed by atoms with Gasteiger partial charge in [0.05, 0.1) is 6.33 Å². The minimum Gasteiger partial charge on any atom is -0.216 e. The van der Waals surface area contributed by atoms with Crippen molar-refractivity contribution in [1.82, 2.24) is 0 Å². The Morgan fingerprint density at radius 1 is 1.73 bits per heavy atom. The molecule has 0 aromatic carbocycles. The molecule has 1 unspecified atom stereocenters. The van der Waals surface area contributed by atoms with Crippen LogP contribution in [-0.2, 0) is 0 Å². The van der Waals surface area contributed by atoms with E-state index in [9.17, 15) is 4.39 Å². The van der Waals surface area contributed by atoms with Crippen molar-refractivity contribution in [2.45, 2.75) is 19.8 Å². The Labute approximate surface area is 67.1 Å². The highest BCUT2D eigenvalue weighted by atomic mass is 19.1. The molecule has 0 aliphatic heterocycles. The van der Waals surface area contributed by atoms with E-state index in [1.165, 1.54) is 11.6 Å². The molecule has 0 aromatic rings. The quantitative estimate of drug-likeness (QED) is 0.569. The van der Waals surface area contributed by atoms with Crippen LogP contribution in [0.2, 0.25) is 0 Å². The summed E-state index contributed by atoms with van der Waals surface area (Å²) in [4.78, 5) is 0. The molecule has 0 saturated heterocycles. The van der Waals surface area contributed by atoms with Crippen molar-refractivity contribution in [3.63, 3.8) is 0 Å². The van der Waals surface area contributed by atoms with Crippen LogP contribution >= 0.6 is 0 Å². The van der Waals surface area contributed by atoms with Crippen LogP contribution in [0.25, 0.3) is 0 Å². The first-order valence-electron chi connectivity index (χ1n) is 3.95. The molecule has 1 rings (SSSR count). The van der Waals surface area contributed by atoms with Gasteiger partial charge in [0.1, 0.15) is 0 Å². The first-order valence-corrected chi connectivity index (χ1v) is 3.95. The molecule has 11 heavy (non-hydrogen) atoms.